The minimum absolute atomic E-state index is 0.0916. The summed E-state index contributed by atoms with van der Waals surface area (Å²) in [4.78, 5) is 13.0. The third-order valence-corrected chi connectivity index (χ3v) is 4.08. The van der Waals surface area contributed by atoms with E-state index in [-0.39, 0.29) is 11.8 Å². The van der Waals surface area contributed by atoms with Crippen LogP contribution < -0.4 is 5.32 Å². The van der Waals surface area contributed by atoms with Crippen LogP contribution in [0.4, 0.5) is 0 Å². The Morgan fingerprint density at radius 1 is 0.833 bits per heavy atom. The van der Waals surface area contributed by atoms with E-state index in [0.29, 0.717) is 6.54 Å². The molecule has 1 N–H and O–H groups in total. The summed E-state index contributed by atoms with van der Waals surface area (Å²) >= 11 is 0. The molecule has 120 valence electrons. The number of hydrogen-bond donors (Lipinski definition) is 1. The minimum Gasteiger partial charge on any atom is -0.299 e. The van der Waals surface area contributed by atoms with E-state index in [1.54, 1.807) is 0 Å². The van der Waals surface area contributed by atoms with Gasteiger partial charge in [0.1, 0.15) is 0 Å². The van der Waals surface area contributed by atoms with Crippen LogP contribution in [0.25, 0.3) is 0 Å². The van der Waals surface area contributed by atoms with Gasteiger partial charge in [0.2, 0.25) is 0 Å². The molecule has 0 aromatic heterocycles. The summed E-state index contributed by atoms with van der Waals surface area (Å²) in [5.74, 6) is 0.0916. The predicted octanol–water partition coefficient (Wildman–Crippen LogP) is 4.71. The summed E-state index contributed by atoms with van der Waals surface area (Å²) in [6, 6.07) is 27.4. The molecular formula is C22H21NO. The molecule has 3 aromatic carbocycles. The molecule has 0 fully saturated rings. The first-order valence-corrected chi connectivity index (χ1v) is 8.17. The van der Waals surface area contributed by atoms with Gasteiger partial charge in [0.25, 0.3) is 0 Å². The van der Waals surface area contributed by atoms with Crippen molar-refractivity contribution in [1.29, 1.82) is 0 Å². The number of benzene rings is 3. The summed E-state index contributed by atoms with van der Waals surface area (Å²) in [7, 11) is 0. The van der Waals surface area contributed by atoms with Gasteiger partial charge < -0.3 is 0 Å². The van der Waals surface area contributed by atoms with Crippen LogP contribution in [0.15, 0.2) is 84.9 Å². The molecule has 2 nitrogen and oxygen atoms in total. The molecule has 0 saturated heterocycles. The third kappa shape index (κ3) is 3.98. The fourth-order valence-electron chi connectivity index (χ4n) is 2.70. The molecule has 0 radical (unpaired) electrons. The maximum atomic E-state index is 13.0. The van der Waals surface area contributed by atoms with Crippen molar-refractivity contribution in [3.8, 4) is 0 Å². The van der Waals surface area contributed by atoms with Crippen LogP contribution in [-0.4, -0.2) is 5.78 Å². The quantitative estimate of drug-likeness (QED) is 0.668. The van der Waals surface area contributed by atoms with E-state index in [1.807, 2.05) is 60.7 Å². The summed E-state index contributed by atoms with van der Waals surface area (Å²) in [6.07, 6.45) is 0. The van der Waals surface area contributed by atoms with Crippen LogP contribution in [0.5, 0.6) is 0 Å². The molecule has 0 bridgehead atoms. The predicted molar refractivity (Wildman–Crippen MR) is 98.0 cm³/mol. The van der Waals surface area contributed by atoms with Gasteiger partial charge in [0, 0.05) is 12.1 Å². The third-order valence-electron chi connectivity index (χ3n) is 4.08. The molecular weight excluding hydrogens is 294 g/mol. The SMILES string of the molecule is Cc1ccc(CNC(C(=O)c2ccccc2)c2ccccc2)cc1. The van der Waals surface area contributed by atoms with Gasteiger partial charge in [-0.3, -0.25) is 10.1 Å². The van der Waals surface area contributed by atoms with Gasteiger partial charge in [0.05, 0.1) is 6.04 Å². The van der Waals surface area contributed by atoms with Gasteiger partial charge >= 0.3 is 0 Å². The topological polar surface area (TPSA) is 29.1 Å². The molecule has 2 heteroatoms. The van der Waals surface area contributed by atoms with E-state index in [0.717, 1.165) is 11.1 Å². The van der Waals surface area contributed by atoms with Crippen LogP contribution >= 0.6 is 0 Å². The Labute approximate surface area is 143 Å². The average Bonchev–Trinajstić information content (AvgIpc) is 2.65. The molecule has 0 aliphatic heterocycles. The van der Waals surface area contributed by atoms with Crippen LogP contribution in [0, 0.1) is 6.92 Å². The van der Waals surface area contributed by atoms with Gasteiger partial charge in [-0.25, -0.2) is 0 Å². The Hall–Kier alpha value is -2.71. The van der Waals surface area contributed by atoms with Gasteiger partial charge in [0.15, 0.2) is 5.78 Å². The standard InChI is InChI=1S/C22H21NO/c1-17-12-14-18(15-13-17)16-23-21(19-8-4-2-5-9-19)22(24)20-10-6-3-7-11-20/h2-15,21,23H,16H2,1H3. The highest BCUT2D eigenvalue weighted by Crippen LogP contribution is 2.19. The highest BCUT2D eigenvalue weighted by molar-refractivity contribution is 6.00. The minimum atomic E-state index is -0.352. The first kappa shape index (κ1) is 16.2. The van der Waals surface area contributed by atoms with E-state index >= 15 is 0 Å². The van der Waals surface area contributed by atoms with Gasteiger partial charge in [-0.1, -0.05) is 90.5 Å². The summed E-state index contributed by atoms with van der Waals surface area (Å²) < 4.78 is 0. The van der Waals surface area contributed by atoms with Crippen molar-refractivity contribution in [3.63, 3.8) is 0 Å². The van der Waals surface area contributed by atoms with Gasteiger partial charge in [-0.05, 0) is 18.1 Å². The lowest BCUT2D eigenvalue weighted by atomic mass is 9.97. The van der Waals surface area contributed by atoms with Crippen molar-refractivity contribution in [2.75, 3.05) is 0 Å². The number of hydrogen-bond acceptors (Lipinski definition) is 2. The summed E-state index contributed by atoms with van der Waals surface area (Å²) in [5.41, 5.74) is 4.11. The van der Waals surface area contributed by atoms with Crippen molar-refractivity contribution in [2.24, 2.45) is 0 Å². The molecule has 3 rings (SSSR count). The number of carbonyl (C=O) groups is 1. The normalized spacial score (nSPS) is 11.9. The number of rotatable bonds is 6. The second kappa shape index (κ2) is 7.71. The zero-order valence-corrected chi connectivity index (χ0v) is 13.8. The first-order valence-electron chi connectivity index (χ1n) is 8.17. The molecule has 1 unspecified atom stereocenters. The van der Waals surface area contributed by atoms with Crippen molar-refractivity contribution in [1.82, 2.24) is 5.32 Å². The van der Waals surface area contributed by atoms with E-state index in [4.69, 9.17) is 0 Å². The Balaban J connectivity index is 1.82. The number of Topliss-reactive ketones (excluding diaryl/α,β-unsaturated/α-hetero) is 1. The fraction of sp³-hybridized carbons (Fsp3) is 0.136. The molecule has 3 aromatic rings. The highest BCUT2D eigenvalue weighted by Gasteiger charge is 2.21. The number of nitrogens with one attached hydrogen (secondary N) is 1. The first-order chi connectivity index (χ1) is 11.7. The number of carbonyl (C=O) groups excluding carboxylic acids is 1. The van der Waals surface area contributed by atoms with Crippen LogP contribution in [0.2, 0.25) is 0 Å². The van der Waals surface area contributed by atoms with Crippen molar-refractivity contribution >= 4 is 5.78 Å². The lowest BCUT2D eigenvalue weighted by Gasteiger charge is -2.18. The molecule has 0 aliphatic carbocycles. The molecule has 0 aliphatic rings. The molecule has 0 saturated carbocycles. The fourth-order valence-corrected chi connectivity index (χ4v) is 2.70. The van der Waals surface area contributed by atoms with E-state index < -0.39 is 0 Å². The number of aryl methyl sites for hydroxylation is 1. The molecule has 0 heterocycles. The maximum Gasteiger partial charge on any atom is 0.184 e. The summed E-state index contributed by atoms with van der Waals surface area (Å²) in [6.45, 7) is 2.72. The van der Waals surface area contributed by atoms with Gasteiger partial charge in [-0.2, -0.15) is 0 Å². The Bertz CT molecular complexity index is 779. The highest BCUT2D eigenvalue weighted by atomic mass is 16.1. The van der Waals surface area contributed by atoms with Gasteiger partial charge in [-0.15, -0.1) is 0 Å². The molecule has 1 atom stereocenters. The monoisotopic (exact) mass is 315 g/mol. The zero-order chi connectivity index (χ0) is 16.8. The average molecular weight is 315 g/mol. The Kier molecular flexibility index (Phi) is 5.19. The maximum absolute atomic E-state index is 13.0. The Morgan fingerprint density at radius 3 is 2.04 bits per heavy atom. The van der Waals surface area contributed by atoms with Crippen LogP contribution in [-0.2, 0) is 6.54 Å². The van der Waals surface area contributed by atoms with E-state index in [2.05, 4.69) is 36.5 Å². The van der Waals surface area contributed by atoms with Crippen molar-refractivity contribution in [3.05, 3.63) is 107 Å². The molecule has 0 amide bonds. The molecule has 0 spiro atoms. The summed E-state index contributed by atoms with van der Waals surface area (Å²) in [5, 5.41) is 3.42. The zero-order valence-electron chi connectivity index (χ0n) is 13.8. The lowest BCUT2D eigenvalue weighted by Crippen LogP contribution is -2.28. The second-order valence-electron chi connectivity index (χ2n) is 5.94. The smallest absolute Gasteiger partial charge is 0.184 e. The van der Waals surface area contributed by atoms with E-state index in [1.165, 1.54) is 11.1 Å². The molecule has 24 heavy (non-hydrogen) atoms. The van der Waals surface area contributed by atoms with Crippen molar-refractivity contribution < 1.29 is 4.79 Å². The van der Waals surface area contributed by atoms with Crippen LogP contribution in [0.3, 0.4) is 0 Å². The van der Waals surface area contributed by atoms with E-state index in [9.17, 15) is 4.79 Å². The lowest BCUT2D eigenvalue weighted by molar-refractivity contribution is 0.0942. The van der Waals surface area contributed by atoms with Crippen molar-refractivity contribution in [2.45, 2.75) is 19.5 Å². The van der Waals surface area contributed by atoms with Crippen LogP contribution in [0.1, 0.15) is 33.1 Å². The largest absolute Gasteiger partial charge is 0.299 e. The second-order valence-corrected chi connectivity index (χ2v) is 5.94. The number of ketones is 1. The Morgan fingerprint density at radius 2 is 1.42 bits per heavy atom.